The van der Waals surface area contributed by atoms with Gasteiger partial charge in [-0.3, -0.25) is 0 Å². The van der Waals surface area contributed by atoms with E-state index in [9.17, 15) is 0 Å². The lowest BCUT2D eigenvalue weighted by Gasteiger charge is -1.99. The van der Waals surface area contributed by atoms with Gasteiger partial charge in [-0.15, -0.1) is 0 Å². The van der Waals surface area contributed by atoms with Crippen LogP contribution in [0.5, 0.6) is 0 Å². The summed E-state index contributed by atoms with van der Waals surface area (Å²) in [5.74, 6) is 0. The number of hydrogen-bond donors (Lipinski definition) is 0. The van der Waals surface area contributed by atoms with Crippen molar-refractivity contribution in [3.8, 4) is 0 Å². The van der Waals surface area contributed by atoms with Crippen LogP contribution >= 0.6 is 11.8 Å². The molecule has 2 aromatic rings. The van der Waals surface area contributed by atoms with E-state index in [1.807, 2.05) is 12.1 Å². The zero-order chi connectivity index (χ0) is 9.80. The number of pyridine rings is 1. The molecule has 0 atom stereocenters. The first kappa shape index (κ1) is 9.28. The molecule has 0 N–H and O–H groups in total. The van der Waals surface area contributed by atoms with E-state index in [1.54, 1.807) is 18.0 Å². The number of aromatic nitrogens is 1. The van der Waals surface area contributed by atoms with Crippen molar-refractivity contribution < 1.29 is 0 Å². The third-order valence-electron chi connectivity index (χ3n) is 1.82. The summed E-state index contributed by atoms with van der Waals surface area (Å²) in [5, 5.41) is 0.913. The fraction of sp³-hybridized carbons (Fsp3) is 0.0833. The van der Waals surface area contributed by atoms with Crippen LogP contribution in [-0.2, 0) is 0 Å². The zero-order valence-electron chi connectivity index (χ0n) is 7.90. The van der Waals surface area contributed by atoms with Crippen molar-refractivity contribution in [2.75, 3.05) is 0 Å². The van der Waals surface area contributed by atoms with Crippen molar-refractivity contribution in [3.63, 3.8) is 0 Å². The van der Waals surface area contributed by atoms with Crippen LogP contribution in [0.2, 0.25) is 0 Å². The average Bonchev–Trinajstić information content (AvgIpc) is 2.23. The molecule has 1 aromatic heterocycles. The smallest absolute Gasteiger partial charge is 0.109 e. The van der Waals surface area contributed by atoms with E-state index in [2.05, 4.69) is 42.2 Å². The lowest BCUT2D eigenvalue weighted by Crippen LogP contribution is -1.78. The Kier molecular flexibility index (Phi) is 2.84. The molecule has 0 saturated heterocycles. The Morgan fingerprint density at radius 2 is 2.00 bits per heavy atom. The summed E-state index contributed by atoms with van der Waals surface area (Å²) in [5.41, 5.74) is 1.28. The van der Waals surface area contributed by atoms with Gasteiger partial charge in [0.15, 0.2) is 0 Å². The highest BCUT2D eigenvalue weighted by Gasteiger charge is 1.96. The SMILES string of the molecule is Cc1ccc(Sc2[c]cccn2)cc1. The summed E-state index contributed by atoms with van der Waals surface area (Å²) in [4.78, 5) is 5.40. The van der Waals surface area contributed by atoms with Gasteiger partial charge in [-0.05, 0) is 25.1 Å². The molecule has 0 aliphatic carbocycles. The first-order valence-corrected chi connectivity index (χ1v) is 5.23. The first-order chi connectivity index (χ1) is 6.84. The maximum absolute atomic E-state index is 4.20. The van der Waals surface area contributed by atoms with Gasteiger partial charge in [0, 0.05) is 17.2 Å². The molecule has 0 fully saturated rings. The van der Waals surface area contributed by atoms with Gasteiger partial charge in [0.25, 0.3) is 0 Å². The second-order valence-corrected chi connectivity index (χ2v) is 4.06. The molecule has 1 heterocycles. The molecular formula is C12H10NS. The molecule has 0 bridgehead atoms. The summed E-state index contributed by atoms with van der Waals surface area (Å²) in [6.07, 6.45) is 1.78. The van der Waals surface area contributed by atoms with E-state index in [4.69, 9.17) is 0 Å². The van der Waals surface area contributed by atoms with Gasteiger partial charge in [0.1, 0.15) is 5.03 Å². The fourth-order valence-corrected chi connectivity index (χ4v) is 1.82. The summed E-state index contributed by atoms with van der Waals surface area (Å²) < 4.78 is 0. The molecule has 0 aliphatic rings. The lowest BCUT2D eigenvalue weighted by molar-refractivity contribution is 1.12. The van der Waals surface area contributed by atoms with Crippen molar-refractivity contribution in [3.05, 3.63) is 54.2 Å². The highest BCUT2D eigenvalue weighted by Crippen LogP contribution is 2.24. The van der Waals surface area contributed by atoms with E-state index in [0.29, 0.717) is 0 Å². The molecule has 14 heavy (non-hydrogen) atoms. The molecule has 0 aliphatic heterocycles. The van der Waals surface area contributed by atoms with Crippen LogP contribution in [0.25, 0.3) is 0 Å². The van der Waals surface area contributed by atoms with Crippen molar-refractivity contribution in [1.29, 1.82) is 0 Å². The Balaban J connectivity index is 2.16. The first-order valence-electron chi connectivity index (χ1n) is 4.42. The zero-order valence-corrected chi connectivity index (χ0v) is 8.71. The molecule has 1 nitrogen and oxygen atoms in total. The Morgan fingerprint density at radius 3 is 2.64 bits per heavy atom. The maximum atomic E-state index is 4.20. The van der Waals surface area contributed by atoms with E-state index < -0.39 is 0 Å². The molecule has 0 spiro atoms. The molecule has 2 rings (SSSR count). The Hall–Kier alpha value is -1.28. The summed E-state index contributed by atoms with van der Waals surface area (Å²) in [6, 6.07) is 15.2. The van der Waals surface area contributed by atoms with Gasteiger partial charge < -0.3 is 0 Å². The van der Waals surface area contributed by atoms with Crippen molar-refractivity contribution in [2.24, 2.45) is 0 Å². The largest absolute Gasteiger partial charge is 0.249 e. The third kappa shape index (κ3) is 2.36. The second-order valence-electron chi connectivity index (χ2n) is 3.00. The molecule has 0 unspecified atom stereocenters. The summed E-state index contributed by atoms with van der Waals surface area (Å²) in [7, 11) is 0. The molecule has 2 heteroatoms. The predicted octanol–water partition coefficient (Wildman–Crippen LogP) is 3.34. The summed E-state index contributed by atoms with van der Waals surface area (Å²) >= 11 is 1.63. The van der Waals surface area contributed by atoms with E-state index in [-0.39, 0.29) is 0 Å². The minimum atomic E-state index is 0.913. The number of benzene rings is 1. The Bertz CT molecular complexity index is 394. The van der Waals surface area contributed by atoms with Gasteiger partial charge in [-0.25, -0.2) is 4.98 Å². The maximum Gasteiger partial charge on any atom is 0.109 e. The van der Waals surface area contributed by atoms with Crippen LogP contribution in [0.1, 0.15) is 5.56 Å². The fourth-order valence-electron chi connectivity index (χ4n) is 1.08. The molecule has 69 valence electrons. The standard InChI is InChI=1S/C12H10NS/c1-10-5-7-11(8-6-10)14-12-4-2-3-9-13-12/h2-3,5-9H,1H3. The summed E-state index contributed by atoms with van der Waals surface area (Å²) in [6.45, 7) is 2.08. The topological polar surface area (TPSA) is 12.9 Å². The van der Waals surface area contributed by atoms with Gasteiger partial charge in [-0.1, -0.05) is 35.5 Å². The van der Waals surface area contributed by atoms with Crippen molar-refractivity contribution in [2.45, 2.75) is 16.8 Å². The minimum absolute atomic E-state index is 0.913. The van der Waals surface area contributed by atoms with Crippen LogP contribution in [0.15, 0.2) is 52.5 Å². The number of rotatable bonds is 2. The normalized spacial score (nSPS) is 10.1. The number of nitrogens with zero attached hydrogens (tertiary/aromatic N) is 1. The molecule has 1 radical (unpaired) electrons. The van der Waals surface area contributed by atoms with E-state index in [1.165, 1.54) is 10.5 Å². The van der Waals surface area contributed by atoms with Gasteiger partial charge in [0.05, 0.1) is 0 Å². The van der Waals surface area contributed by atoms with Gasteiger partial charge >= 0.3 is 0 Å². The monoisotopic (exact) mass is 200 g/mol. The quantitative estimate of drug-likeness (QED) is 0.737. The van der Waals surface area contributed by atoms with Gasteiger partial charge in [0.2, 0.25) is 0 Å². The Morgan fingerprint density at radius 1 is 1.21 bits per heavy atom. The number of aryl methyl sites for hydroxylation is 1. The van der Waals surface area contributed by atoms with E-state index in [0.717, 1.165) is 5.03 Å². The molecule has 1 aromatic carbocycles. The van der Waals surface area contributed by atoms with Gasteiger partial charge in [-0.2, -0.15) is 0 Å². The van der Waals surface area contributed by atoms with Crippen LogP contribution < -0.4 is 0 Å². The molecular weight excluding hydrogens is 190 g/mol. The second kappa shape index (κ2) is 4.29. The van der Waals surface area contributed by atoms with Crippen LogP contribution in [0, 0.1) is 13.0 Å². The van der Waals surface area contributed by atoms with Crippen LogP contribution in [0.4, 0.5) is 0 Å². The van der Waals surface area contributed by atoms with Crippen molar-refractivity contribution >= 4 is 11.8 Å². The average molecular weight is 200 g/mol. The Labute approximate surface area is 88.2 Å². The highest BCUT2D eigenvalue weighted by atomic mass is 32.2. The van der Waals surface area contributed by atoms with Crippen LogP contribution in [-0.4, -0.2) is 4.98 Å². The minimum Gasteiger partial charge on any atom is -0.249 e. The molecule has 0 amide bonds. The molecule has 0 saturated carbocycles. The lowest BCUT2D eigenvalue weighted by atomic mass is 10.2. The highest BCUT2D eigenvalue weighted by molar-refractivity contribution is 7.99. The number of hydrogen-bond acceptors (Lipinski definition) is 2. The van der Waals surface area contributed by atoms with Crippen LogP contribution in [0.3, 0.4) is 0 Å². The van der Waals surface area contributed by atoms with Crippen molar-refractivity contribution in [1.82, 2.24) is 4.98 Å². The predicted molar refractivity (Wildman–Crippen MR) is 58.4 cm³/mol. The third-order valence-corrected chi connectivity index (χ3v) is 2.74. The van der Waals surface area contributed by atoms with E-state index >= 15 is 0 Å².